The third-order valence-electron chi connectivity index (χ3n) is 4.11. The van der Waals surface area contributed by atoms with Gasteiger partial charge in [-0.2, -0.15) is 17.0 Å². The van der Waals surface area contributed by atoms with Crippen molar-refractivity contribution in [3.63, 3.8) is 0 Å². The Hall–Kier alpha value is -0.306. The van der Waals surface area contributed by atoms with Gasteiger partial charge in [-0.1, -0.05) is 51.1 Å². The molecule has 2 rings (SSSR count). The maximum atomic E-state index is 6.66. The zero-order valence-electron chi connectivity index (χ0n) is 13.9. The first-order valence-electron chi connectivity index (χ1n) is 6.98. The molecular weight excluding hydrogens is 287 g/mol. The summed E-state index contributed by atoms with van der Waals surface area (Å²) in [6.07, 6.45) is 0.0274. The first-order valence-corrected chi connectivity index (χ1v) is 10.8. The minimum Gasteiger partial charge on any atom is -0.417 e. The van der Waals surface area contributed by atoms with Gasteiger partial charge in [-0.3, -0.25) is 0 Å². The summed E-state index contributed by atoms with van der Waals surface area (Å²) in [6.45, 7) is 11.4. The molecule has 1 nitrogen and oxygen atoms in total. The van der Waals surface area contributed by atoms with Crippen molar-refractivity contribution in [3.8, 4) is 0 Å². The van der Waals surface area contributed by atoms with Crippen molar-refractivity contribution in [3.05, 3.63) is 58.3 Å². The average molecular weight is 310 g/mol. The molecule has 0 saturated carbocycles. The maximum absolute atomic E-state index is 6.66. The number of hydrogen-bond donors (Lipinski definition) is 0. The summed E-state index contributed by atoms with van der Waals surface area (Å²) in [6, 6.07) is 12.5. The summed E-state index contributed by atoms with van der Waals surface area (Å²) in [7, 11) is -1.82. The molecule has 0 radical (unpaired) electrons. The molecule has 4 heteroatoms. The molecule has 1 unspecified atom stereocenters. The van der Waals surface area contributed by atoms with Gasteiger partial charge in [-0.05, 0) is 23.7 Å². The van der Waals surface area contributed by atoms with Gasteiger partial charge in [0.1, 0.15) is 0 Å². The van der Waals surface area contributed by atoms with Crippen LogP contribution in [0.4, 0.5) is 0 Å². The molecule has 21 heavy (non-hydrogen) atoms. The number of benzene rings is 1. The Bertz CT molecular complexity index is 532. The van der Waals surface area contributed by atoms with Crippen molar-refractivity contribution in [2.45, 2.75) is 45.0 Å². The predicted octanol–water partition coefficient (Wildman–Crippen LogP) is 2.66. The second-order valence-corrected chi connectivity index (χ2v) is 12.1. The first kappa shape index (κ1) is 18.7. The summed E-state index contributed by atoms with van der Waals surface area (Å²) in [5.41, 5.74) is 2.44. The van der Waals surface area contributed by atoms with E-state index in [9.17, 15) is 0 Å². The van der Waals surface area contributed by atoms with Crippen LogP contribution < -0.4 is 18.9 Å². The third kappa shape index (κ3) is 4.58. The molecule has 0 amide bonds. The van der Waals surface area contributed by atoms with Crippen LogP contribution in [0, 0.1) is 5.38 Å². The molecule has 0 bridgehead atoms. The van der Waals surface area contributed by atoms with Gasteiger partial charge < -0.3 is 15.8 Å². The van der Waals surface area contributed by atoms with E-state index in [0.29, 0.717) is 0 Å². The van der Waals surface area contributed by atoms with Gasteiger partial charge in [0, 0.05) is 6.10 Å². The molecule has 0 spiro atoms. The van der Waals surface area contributed by atoms with Crippen LogP contribution in [0.5, 0.6) is 0 Å². The van der Waals surface area contributed by atoms with Gasteiger partial charge in [0.2, 0.25) is 0 Å². The molecule has 2 aromatic rings. The van der Waals surface area contributed by atoms with Crippen LogP contribution in [0.15, 0.2) is 41.8 Å². The van der Waals surface area contributed by atoms with Gasteiger partial charge in [0.05, 0.1) is 0 Å². The Morgan fingerprint density at radius 2 is 1.71 bits per heavy atom. The van der Waals surface area contributed by atoms with Crippen LogP contribution in [0.1, 0.15) is 38.0 Å². The van der Waals surface area contributed by atoms with Crippen LogP contribution in [-0.2, 0) is 4.43 Å². The van der Waals surface area contributed by atoms with Crippen molar-refractivity contribution in [2.24, 2.45) is 0 Å². The molecular formula is C17H23LiOSSi. The van der Waals surface area contributed by atoms with E-state index >= 15 is 0 Å². The van der Waals surface area contributed by atoms with Crippen molar-refractivity contribution >= 4 is 19.7 Å². The molecule has 0 aliphatic rings. The normalized spacial score (nSPS) is 13.6. The zero-order chi connectivity index (χ0) is 14.8. The average Bonchev–Trinajstić information content (AvgIpc) is 2.89. The summed E-state index contributed by atoms with van der Waals surface area (Å²) in [4.78, 5) is 0. The molecule has 1 atom stereocenters. The molecule has 0 fully saturated rings. The van der Waals surface area contributed by atoms with E-state index < -0.39 is 8.32 Å². The van der Waals surface area contributed by atoms with Crippen molar-refractivity contribution in [1.82, 2.24) is 0 Å². The SMILES string of the molecule is CC(C)(C)[Si](C)(C)OC(c1ccccc1)c1c[c-]sc1.[Li+]. The smallest absolute Gasteiger partial charge is 0.417 e. The van der Waals surface area contributed by atoms with Crippen LogP contribution >= 0.6 is 11.3 Å². The number of rotatable bonds is 4. The largest absolute Gasteiger partial charge is 1.00 e. The Labute approximate surface area is 146 Å². The second kappa shape index (κ2) is 7.31. The van der Waals surface area contributed by atoms with E-state index in [-0.39, 0.29) is 30.0 Å². The van der Waals surface area contributed by atoms with E-state index in [2.05, 4.69) is 75.0 Å². The fraction of sp³-hybridized carbons (Fsp3) is 0.412. The quantitative estimate of drug-likeness (QED) is 0.623. The van der Waals surface area contributed by atoms with E-state index in [1.165, 1.54) is 11.1 Å². The van der Waals surface area contributed by atoms with Crippen molar-refractivity contribution in [1.29, 1.82) is 0 Å². The molecule has 108 valence electrons. The van der Waals surface area contributed by atoms with E-state index in [1.807, 2.05) is 6.07 Å². The van der Waals surface area contributed by atoms with E-state index in [0.717, 1.165) is 0 Å². The Morgan fingerprint density at radius 1 is 1.10 bits per heavy atom. The standard InChI is InChI=1S/C17H23OSSi.Li/c1-17(2,3)20(4,5)18-16(15-11-12-19-13-15)14-9-7-6-8-10-14;/h6-11,13,16H,1-5H3;/q-1;+1. The molecule has 1 aromatic heterocycles. The van der Waals surface area contributed by atoms with E-state index in [4.69, 9.17) is 4.43 Å². The summed E-state index contributed by atoms with van der Waals surface area (Å²) < 4.78 is 6.66. The van der Waals surface area contributed by atoms with Gasteiger partial charge in [0.25, 0.3) is 0 Å². The summed E-state index contributed by atoms with van der Waals surface area (Å²) in [5.74, 6) is 0. The topological polar surface area (TPSA) is 9.23 Å². The monoisotopic (exact) mass is 310 g/mol. The van der Waals surface area contributed by atoms with Crippen molar-refractivity contribution < 1.29 is 23.3 Å². The first-order chi connectivity index (χ1) is 9.31. The molecule has 1 aromatic carbocycles. The summed E-state index contributed by atoms with van der Waals surface area (Å²) in [5, 5.41) is 5.53. The van der Waals surface area contributed by atoms with Crippen molar-refractivity contribution in [2.75, 3.05) is 0 Å². The number of hydrogen-bond acceptors (Lipinski definition) is 2. The van der Waals surface area contributed by atoms with Crippen LogP contribution in [-0.4, -0.2) is 8.32 Å². The molecule has 0 N–H and O–H groups in total. The van der Waals surface area contributed by atoms with E-state index in [1.54, 1.807) is 11.3 Å². The minimum atomic E-state index is -1.82. The molecule has 0 saturated heterocycles. The molecule has 1 heterocycles. The van der Waals surface area contributed by atoms with Gasteiger partial charge in [-0.15, -0.1) is 5.38 Å². The predicted molar refractivity (Wildman–Crippen MR) is 89.7 cm³/mol. The number of thiophene rings is 1. The zero-order valence-corrected chi connectivity index (χ0v) is 15.8. The Kier molecular flexibility index (Phi) is 6.52. The van der Waals surface area contributed by atoms with Crippen LogP contribution in [0.2, 0.25) is 18.1 Å². The fourth-order valence-corrected chi connectivity index (χ4v) is 3.62. The van der Waals surface area contributed by atoms with Gasteiger partial charge >= 0.3 is 18.9 Å². The fourth-order valence-electron chi connectivity index (χ4n) is 1.80. The molecule has 0 aliphatic carbocycles. The van der Waals surface area contributed by atoms with Gasteiger partial charge in [0.15, 0.2) is 8.32 Å². The third-order valence-corrected chi connectivity index (χ3v) is 9.19. The minimum absolute atomic E-state index is 0. The maximum Gasteiger partial charge on any atom is 1.00 e. The Morgan fingerprint density at radius 3 is 2.19 bits per heavy atom. The van der Waals surface area contributed by atoms with Gasteiger partial charge in [-0.25, -0.2) is 0 Å². The Balaban J connectivity index is 0.00000220. The second-order valence-electron chi connectivity index (χ2n) is 6.67. The van der Waals surface area contributed by atoms with Crippen LogP contribution in [0.25, 0.3) is 0 Å². The molecule has 0 aliphatic heterocycles. The van der Waals surface area contributed by atoms with Crippen LogP contribution in [0.3, 0.4) is 0 Å². The summed E-state index contributed by atoms with van der Waals surface area (Å²) >= 11 is 1.61.